The van der Waals surface area contributed by atoms with E-state index in [1.54, 1.807) is 11.1 Å². The third-order valence-electron chi connectivity index (χ3n) is 5.20. The van der Waals surface area contributed by atoms with Crippen LogP contribution in [0.25, 0.3) is 0 Å². The second-order valence-electron chi connectivity index (χ2n) is 7.37. The largest absolute Gasteiger partial charge is 0.453 e. The van der Waals surface area contributed by atoms with E-state index in [0.717, 1.165) is 43.9 Å². The number of urea groups is 1. The van der Waals surface area contributed by atoms with Crippen LogP contribution in [0.1, 0.15) is 18.5 Å². The number of amides is 3. The molecule has 1 aliphatic heterocycles. The van der Waals surface area contributed by atoms with Crippen molar-refractivity contribution in [2.24, 2.45) is 5.92 Å². The highest BCUT2D eigenvalue weighted by Gasteiger charge is 2.22. The van der Waals surface area contributed by atoms with Gasteiger partial charge in [-0.1, -0.05) is 12.2 Å². The van der Waals surface area contributed by atoms with Crippen LogP contribution in [0.3, 0.4) is 0 Å². The van der Waals surface area contributed by atoms with Gasteiger partial charge in [0.05, 0.1) is 19.0 Å². The summed E-state index contributed by atoms with van der Waals surface area (Å²) in [5.74, 6) is 0.384. The molecule has 0 aromatic carbocycles. The first-order valence-corrected chi connectivity index (χ1v) is 9.98. The lowest BCUT2D eigenvalue weighted by Crippen LogP contribution is -2.49. The minimum atomic E-state index is -0.272. The Morgan fingerprint density at radius 1 is 1.21 bits per heavy atom. The van der Waals surface area contributed by atoms with Gasteiger partial charge in [-0.15, -0.1) is 0 Å². The molecule has 1 aromatic rings. The van der Waals surface area contributed by atoms with Gasteiger partial charge in [-0.2, -0.15) is 0 Å². The summed E-state index contributed by atoms with van der Waals surface area (Å²) in [7, 11) is 1.42. The Kier molecular flexibility index (Phi) is 7.24. The van der Waals surface area contributed by atoms with Crippen molar-refractivity contribution in [2.45, 2.75) is 19.8 Å². The van der Waals surface area contributed by atoms with E-state index in [4.69, 9.17) is 4.74 Å². The summed E-state index contributed by atoms with van der Waals surface area (Å²) < 4.78 is 4.78. The number of hydrogen-bond donors (Lipinski definition) is 2. The van der Waals surface area contributed by atoms with Crippen LogP contribution >= 0.6 is 0 Å². The molecule has 8 nitrogen and oxygen atoms in total. The fourth-order valence-corrected chi connectivity index (χ4v) is 3.50. The lowest BCUT2D eigenvalue weighted by molar-refractivity contribution is 0.0897. The van der Waals surface area contributed by atoms with Crippen LogP contribution in [0.2, 0.25) is 0 Å². The van der Waals surface area contributed by atoms with E-state index >= 15 is 0 Å². The lowest BCUT2D eigenvalue weighted by Gasteiger charge is -2.34. The number of allylic oxidation sites excluding steroid dienone is 3. The van der Waals surface area contributed by atoms with E-state index in [9.17, 15) is 9.59 Å². The van der Waals surface area contributed by atoms with E-state index < -0.39 is 0 Å². The van der Waals surface area contributed by atoms with Gasteiger partial charge in [0.2, 0.25) is 0 Å². The molecule has 3 amide bonds. The first kappa shape index (κ1) is 20.9. The predicted molar refractivity (Wildman–Crippen MR) is 111 cm³/mol. The number of carbonyl (C=O) groups excluding carboxylic acids is 2. The van der Waals surface area contributed by atoms with Gasteiger partial charge in [0, 0.05) is 37.6 Å². The van der Waals surface area contributed by atoms with E-state index in [0.29, 0.717) is 24.7 Å². The summed E-state index contributed by atoms with van der Waals surface area (Å²) in [4.78, 5) is 32.1. The fourth-order valence-electron chi connectivity index (χ4n) is 3.50. The minimum Gasteiger partial charge on any atom is -0.453 e. The number of aromatic nitrogens is 1. The van der Waals surface area contributed by atoms with E-state index in [1.807, 2.05) is 25.1 Å². The van der Waals surface area contributed by atoms with Crippen LogP contribution < -0.4 is 10.6 Å². The number of anilines is 1. The number of rotatable bonds is 5. The number of carbonyl (C=O) groups is 2. The highest BCUT2D eigenvalue weighted by molar-refractivity contribution is 5.90. The van der Waals surface area contributed by atoms with E-state index in [-0.39, 0.29) is 12.1 Å². The van der Waals surface area contributed by atoms with Crippen molar-refractivity contribution in [1.29, 1.82) is 0 Å². The van der Waals surface area contributed by atoms with Gasteiger partial charge >= 0.3 is 12.1 Å². The summed E-state index contributed by atoms with van der Waals surface area (Å²) in [6, 6.07) is 3.41. The third kappa shape index (κ3) is 6.32. The van der Waals surface area contributed by atoms with Gasteiger partial charge in [0.1, 0.15) is 0 Å². The average Bonchev–Trinajstić information content (AvgIpc) is 2.74. The van der Waals surface area contributed by atoms with Crippen molar-refractivity contribution in [3.63, 3.8) is 0 Å². The van der Waals surface area contributed by atoms with Crippen molar-refractivity contribution >= 4 is 17.8 Å². The molecule has 2 heterocycles. The molecule has 2 N–H and O–H groups in total. The Labute approximate surface area is 171 Å². The summed E-state index contributed by atoms with van der Waals surface area (Å²) in [5.41, 5.74) is 2.38. The van der Waals surface area contributed by atoms with Crippen molar-refractivity contribution in [3.8, 4) is 0 Å². The molecule has 1 saturated heterocycles. The molecule has 29 heavy (non-hydrogen) atoms. The van der Waals surface area contributed by atoms with Crippen molar-refractivity contribution < 1.29 is 14.3 Å². The fraction of sp³-hybridized carbons (Fsp3) is 0.476. The number of ether oxygens (including phenoxy) is 1. The van der Waals surface area contributed by atoms with Crippen LogP contribution in [-0.4, -0.2) is 66.7 Å². The van der Waals surface area contributed by atoms with Crippen LogP contribution in [0, 0.1) is 12.8 Å². The maximum atomic E-state index is 12.2. The number of piperazine rings is 1. The zero-order chi connectivity index (χ0) is 20.6. The first-order valence-electron chi connectivity index (χ1n) is 9.98. The Morgan fingerprint density at radius 3 is 2.69 bits per heavy atom. The van der Waals surface area contributed by atoms with Gasteiger partial charge in [-0.25, -0.2) is 9.59 Å². The Morgan fingerprint density at radius 2 is 2.00 bits per heavy atom. The van der Waals surface area contributed by atoms with Crippen molar-refractivity contribution in [3.05, 3.63) is 47.9 Å². The molecule has 0 radical (unpaired) electrons. The summed E-state index contributed by atoms with van der Waals surface area (Å²) in [6.07, 6.45) is 9.54. The quantitative estimate of drug-likeness (QED) is 0.795. The molecule has 2 aliphatic rings. The zero-order valence-corrected chi connectivity index (χ0v) is 17.1. The molecule has 0 spiro atoms. The van der Waals surface area contributed by atoms with Crippen LogP contribution in [0.5, 0.6) is 0 Å². The summed E-state index contributed by atoms with van der Waals surface area (Å²) in [5, 5.41) is 5.69. The Hall–Kier alpha value is -2.87. The zero-order valence-electron chi connectivity index (χ0n) is 17.1. The molecule has 8 heteroatoms. The van der Waals surface area contributed by atoms with Crippen LogP contribution in [0.4, 0.5) is 15.3 Å². The number of hydrogen-bond acceptors (Lipinski definition) is 5. The number of methoxy groups -OCH3 is 1. The highest BCUT2D eigenvalue weighted by Crippen LogP contribution is 2.20. The second kappa shape index (κ2) is 10.1. The molecule has 156 valence electrons. The molecule has 3 rings (SSSR count). The van der Waals surface area contributed by atoms with Crippen LogP contribution in [-0.2, 0) is 4.74 Å². The number of pyridine rings is 1. The van der Waals surface area contributed by atoms with Gasteiger partial charge in [0.15, 0.2) is 0 Å². The molecule has 1 aromatic heterocycles. The summed E-state index contributed by atoms with van der Waals surface area (Å²) >= 11 is 0. The normalized spacial score (nSPS) is 19.4. The minimum absolute atomic E-state index is 0.250. The SMILES string of the molecule is COC(=O)N1CCN(CCC2C=C(NC(=O)Nc3ccc(C)nc3)C=CC2)CC1. The predicted octanol–water partition coefficient (Wildman–Crippen LogP) is 2.75. The molecule has 1 unspecified atom stereocenters. The van der Waals surface area contributed by atoms with Crippen LogP contribution in [0.15, 0.2) is 42.3 Å². The molecule has 1 atom stereocenters. The Bertz CT molecular complexity index is 767. The van der Waals surface area contributed by atoms with Gasteiger partial charge in [-0.05, 0) is 50.4 Å². The maximum absolute atomic E-state index is 12.2. The number of aryl methyl sites for hydroxylation is 1. The first-order chi connectivity index (χ1) is 14.0. The van der Waals surface area contributed by atoms with Crippen molar-refractivity contribution in [2.75, 3.05) is 45.2 Å². The van der Waals surface area contributed by atoms with Gasteiger partial charge in [0.25, 0.3) is 0 Å². The van der Waals surface area contributed by atoms with Gasteiger partial charge < -0.3 is 20.3 Å². The topological polar surface area (TPSA) is 86.8 Å². The molecule has 0 saturated carbocycles. The highest BCUT2D eigenvalue weighted by atomic mass is 16.5. The third-order valence-corrected chi connectivity index (χ3v) is 5.20. The number of nitrogens with one attached hydrogen (secondary N) is 2. The Balaban J connectivity index is 1.42. The van der Waals surface area contributed by atoms with Gasteiger partial charge in [-0.3, -0.25) is 9.88 Å². The summed E-state index contributed by atoms with van der Waals surface area (Å²) in [6.45, 7) is 6.00. The maximum Gasteiger partial charge on any atom is 0.409 e. The van der Waals surface area contributed by atoms with E-state index in [2.05, 4.69) is 32.7 Å². The average molecular weight is 399 g/mol. The molecule has 1 aliphatic carbocycles. The second-order valence-corrected chi connectivity index (χ2v) is 7.37. The molecular formula is C21H29N5O3. The molecule has 1 fully saturated rings. The lowest BCUT2D eigenvalue weighted by atomic mass is 9.95. The van der Waals surface area contributed by atoms with E-state index in [1.165, 1.54) is 7.11 Å². The standard InChI is InChI=1S/C21H29N5O3/c1-16-6-7-19(15-22-16)24-20(27)23-18-5-3-4-17(14-18)8-9-25-10-12-26(13-11-25)21(28)29-2/h3,5-7,14-15,17H,4,8-13H2,1-2H3,(H2,23,24,27). The monoisotopic (exact) mass is 399 g/mol. The molecule has 0 bridgehead atoms. The molecular weight excluding hydrogens is 370 g/mol. The van der Waals surface area contributed by atoms with Crippen molar-refractivity contribution in [1.82, 2.24) is 20.1 Å². The smallest absolute Gasteiger partial charge is 0.409 e. The number of nitrogens with zero attached hydrogens (tertiary/aromatic N) is 3.